The number of hydrogen-bond donors (Lipinski definition) is 4. The highest BCUT2D eigenvalue weighted by atomic mass is 32.2. The zero-order chi connectivity index (χ0) is 27.8. The lowest BCUT2D eigenvalue weighted by atomic mass is 9.99. The number of rotatable bonds is 12. The average molecular weight is 551 g/mol. The molecule has 4 atom stereocenters. The maximum absolute atomic E-state index is 14.2. The number of aliphatic hydroxyl groups is 4. The highest BCUT2D eigenvalue weighted by molar-refractivity contribution is 8.00. The smallest absolute Gasteiger partial charge is 0.131 e. The summed E-state index contributed by atoms with van der Waals surface area (Å²) in [6.07, 6.45) is -1.40. The molecule has 0 aliphatic carbocycles. The lowest BCUT2D eigenvalue weighted by Gasteiger charge is -2.30. The van der Waals surface area contributed by atoms with E-state index in [-0.39, 0.29) is 37.7 Å². The van der Waals surface area contributed by atoms with Gasteiger partial charge in [-0.3, -0.25) is 0 Å². The number of thioether (sulfide) groups is 1. The molecule has 0 saturated heterocycles. The second-order valence-electron chi connectivity index (χ2n) is 9.33. The SMILES string of the molecule is OCCC(SC(CCO)C(O)c1ccc(-c2ccccc2F)cc1)C(O)c1ccc(-c2ccccc2F)cc1. The molecule has 4 aromatic rings. The van der Waals surface area contributed by atoms with Crippen LogP contribution in [0.2, 0.25) is 0 Å². The maximum atomic E-state index is 14.2. The first-order valence-electron chi connectivity index (χ1n) is 12.9. The molecule has 0 spiro atoms. The molecule has 0 bridgehead atoms. The molecule has 4 rings (SSSR count). The van der Waals surface area contributed by atoms with Crippen LogP contribution < -0.4 is 0 Å². The van der Waals surface area contributed by atoms with E-state index < -0.39 is 22.7 Å². The number of aliphatic hydroxyl groups excluding tert-OH is 4. The lowest BCUT2D eigenvalue weighted by molar-refractivity contribution is 0.148. The summed E-state index contributed by atoms with van der Waals surface area (Å²) in [5.41, 5.74) is 3.50. The van der Waals surface area contributed by atoms with Gasteiger partial charge in [-0.2, -0.15) is 0 Å². The van der Waals surface area contributed by atoms with Crippen molar-refractivity contribution in [3.63, 3.8) is 0 Å². The molecule has 0 fully saturated rings. The van der Waals surface area contributed by atoms with Gasteiger partial charge in [-0.1, -0.05) is 84.9 Å². The van der Waals surface area contributed by atoms with Crippen LogP contribution >= 0.6 is 11.8 Å². The fourth-order valence-electron chi connectivity index (χ4n) is 4.62. The molecule has 0 aliphatic heterocycles. The molecular weight excluding hydrogens is 518 g/mol. The van der Waals surface area contributed by atoms with Crippen LogP contribution in [-0.4, -0.2) is 44.1 Å². The molecule has 204 valence electrons. The quantitative estimate of drug-likeness (QED) is 0.166. The van der Waals surface area contributed by atoms with Crippen molar-refractivity contribution >= 4 is 11.8 Å². The Hall–Kier alpha value is -3.07. The van der Waals surface area contributed by atoms with Gasteiger partial charge in [0.15, 0.2) is 0 Å². The van der Waals surface area contributed by atoms with Crippen molar-refractivity contribution in [1.29, 1.82) is 0 Å². The summed E-state index contributed by atoms with van der Waals surface area (Å²) in [4.78, 5) is 0. The Morgan fingerprint density at radius 3 is 1.23 bits per heavy atom. The molecule has 0 heterocycles. The molecule has 4 aromatic carbocycles. The first-order valence-corrected chi connectivity index (χ1v) is 13.8. The lowest BCUT2D eigenvalue weighted by Crippen LogP contribution is -2.25. The van der Waals surface area contributed by atoms with Crippen molar-refractivity contribution in [1.82, 2.24) is 0 Å². The van der Waals surface area contributed by atoms with E-state index in [2.05, 4.69) is 0 Å². The topological polar surface area (TPSA) is 80.9 Å². The largest absolute Gasteiger partial charge is 0.396 e. The van der Waals surface area contributed by atoms with Crippen LogP contribution in [0.15, 0.2) is 97.1 Å². The van der Waals surface area contributed by atoms with Crippen molar-refractivity contribution in [3.8, 4) is 22.3 Å². The molecule has 4 nitrogen and oxygen atoms in total. The van der Waals surface area contributed by atoms with E-state index in [4.69, 9.17) is 0 Å². The van der Waals surface area contributed by atoms with Gasteiger partial charge in [-0.05, 0) is 47.2 Å². The van der Waals surface area contributed by atoms with Crippen LogP contribution in [0.4, 0.5) is 8.78 Å². The number of halogens is 2. The minimum absolute atomic E-state index is 0.165. The highest BCUT2D eigenvalue weighted by Crippen LogP contribution is 2.39. The minimum atomic E-state index is -0.964. The molecule has 0 aromatic heterocycles. The van der Waals surface area contributed by atoms with Gasteiger partial charge in [0.1, 0.15) is 11.6 Å². The second kappa shape index (κ2) is 13.8. The first kappa shape index (κ1) is 28.9. The standard InChI is InChI=1S/C32H32F2O4S/c33-27-7-3-1-5-25(27)21-9-13-23(14-10-21)31(37)29(17-19-35)39-30(18-20-36)32(38)24-15-11-22(12-16-24)26-6-2-4-8-28(26)34/h1-16,29-32,35-38H,17-20H2. The first-order chi connectivity index (χ1) is 18.9. The highest BCUT2D eigenvalue weighted by Gasteiger charge is 2.29. The molecule has 4 unspecified atom stereocenters. The number of hydrogen-bond acceptors (Lipinski definition) is 5. The summed E-state index contributed by atoms with van der Waals surface area (Å²) in [5.74, 6) is -0.662. The summed E-state index contributed by atoms with van der Waals surface area (Å²) >= 11 is 1.31. The van der Waals surface area contributed by atoms with E-state index in [0.717, 1.165) is 0 Å². The average Bonchev–Trinajstić information content (AvgIpc) is 2.96. The predicted molar refractivity (Wildman–Crippen MR) is 152 cm³/mol. The Morgan fingerprint density at radius 2 is 0.897 bits per heavy atom. The van der Waals surface area contributed by atoms with E-state index >= 15 is 0 Å². The Morgan fingerprint density at radius 1 is 0.538 bits per heavy atom. The fraction of sp³-hybridized carbons (Fsp3) is 0.250. The molecule has 39 heavy (non-hydrogen) atoms. The van der Waals surface area contributed by atoms with Gasteiger partial charge in [0.2, 0.25) is 0 Å². The minimum Gasteiger partial charge on any atom is -0.396 e. The van der Waals surface area contributed by atoms with Gasteiger partial charge < -0.3 is 20.4 Å². The third-order valence-electron chi connectivity index (χ3n) is 6.76. The zero-order valence-corrected chi connectivity index (χ0v) is 22.1. The molecule has 4 N–H and O–H groups in total. The van der Waals surface area contributed by atoms with E-state index in [0.29, 0.717) is 33.4 Å². The van der Waals surface area contributed by atoms with Crippen LogP contribution in [0.25, 0.3) is 22.3 Å². The van der Waals surface area contributed by atoms with Crippen molar-refractivity contribution in [2.24, 2.45) is 0 Å². The number of benzene rings is 4. The van der Waals surface area contributed by atoms with Gasteiger partial charge in [0.05, 0.1) is 12.2 Å². The Labute approximate surface area is 231 Å². The normalized spacial score (nSPS) is 14.5. The summed E-state index contributed by atoms with van der Waals surface area (Å²) in [7, 11) is 0. The molecular formula is C32H32F2O4S. The zero-order valence-electron chi connectivity index (χ0n) is 21.3. The monoisotopic (exact) mass is 550 g/mol. The van der Waals surface area contributed by atoms with Crippen LogP contribution in [-0.2, 0) is 0 Å². The van der Waals surface area contributed by atoms with E-state index in [1.54, 1.807) is 84.9 Å². The van der Waals surface area contributed by atoms with E-state index in [1.807, 2.05) is 0 Å². The fourth-order valence-corrected chi connectivity index (χ4v) is 6.16. The third-order valence-corrected chi connectivity index (χ3v) is 8.44. The molecule has 0 saturated carbocycles. The van der Waals surface area contributed by atoms with Crippen molar-refractivity contribution in [3.05, 3.63) is 120 Å². The summed E-state index contributed by atoms with van der Waals surface area (Å²) in [6.45, 7) is -0.331. The Bertz CT molecular complexity index is 1230. The van der Waals surface area contributed by atoms with Crippen LogP contribution in [0.5, 0.6) is 0 Å². The van der Waals surface area contributed by atoms with Gasteiger partial charge in [-0.25, -0.2) is 8.78 Å². The van der Waals surface area contributed by atoms with Crippen LogP contribution in [0, 0.1) is 11.6 Å². The van der Waals surface area contributed by atoms with Gasteiger partial charge in [-0.15, -0.1) is 11.8 Å². The van der Waals surface area contributed by atoms with Crippen LogP contribution in [0.3, 0.4) is 0 Å². The maximum Gasteiger partial charge on any atom is 0.131 e. The summed E-state index contributed by atoms with van der Waals surface area (Å²) < 4.78 is 28.4. The van der Waals surface area contributed by atoms with E-state index in [1.165, 1.54) is 23.9 Å². The van der Waals surface area contributed by atoms with Gasteiger partial charge in [0, 0.05) is 34.8 Å². The molecule has 0 aliphatic rings. The van der Waals surface area contributed by atoms with Gasteiger partial charge >= 0.3 is 0 Å². The molecule has 0 radical (unpaired) electrons. The molecule has 0 amide bonds. The Kier molecular flexibility index (Phi) is 10.3. The van der Waals surface area contributed by atoms with Crippen molar-refractivity contribution in [2.45, 2.75) is 35.5 Å². The third kappa shape index (κ3) is 7.12. The molecule has 7 heteroatoms. The summed E-state index contributed by atoms with van der Waals surface area (Å²) in [5, 5.41) is 40.9. The summed E-state index contributed by atoms with van der Waals surface area (Å²) in [6, 6.07) is 26.9. The predicted octanol–water partition coefficient (Wildman–Crippen LogP) is 6.30. The Balaban J connectivity index is 1.50. The van der Waals surface area contributed by atoms with Gasteiger partial charge in [0.25, 0.3) is 0 Å². The van der Waals surface area contributed by atoms with E-state index in [9.17, 15) is 29.2 Å². The van der Waals surface area contributed by atoms with Crippen LogP contribution in [0.1, 0.15) is 36.2 Å². The van der Waals surface area contributed by atoms with Crippen molar-refractivity contribution in [2.75, 3.05) is 13.2 Å². The van der Waals surface area contributed by atoms with Crippen molar-refractivity contribution < 1.29 is 29.2 Å². The second-order valence-corrected chi connectivity index (χ2v) is 10.8.